The van der Waals surface area contributed by atoms with Crippen LogP contribution in [0, 0.1) is 18.7 Å². The van der Waals surface area contributed by atoms with Gasteiger partial charge in [0.25, 0.3) is 5.91 Å². The van der Waals surface area contributed by atoms with Crippen molar-refractivity contribution in [3.8, 4) is 11.3 Å². The molecular weight excluding hydrogens is 425 g/mol. The summed E-state index contributed by atoms with van der Waals surface area (Å²) in [6.07, 6.45) is 3.94. The van der Waals surface area contributed by atoms with Gasteiger partial charge in [-0.15, -0.1) is 0 Å². The fourth-order valence-electron chi connectivity index (χ4n) is 3.90. The minimum atomic E-state index is -0.780. The lowest BCUT2D eigenvalue weighted by molar-refractivity contribution is -0.143. The second-order valence-corrected chi connectivity index (χ2v) is 9.26. The average molecular weight is 446 g/mol. The number of carbonyl (C=O) groups excluding carboxylic acids is 1. The number of rotatable bonds is 4. The number of thioether (sulfide) groups is 1. The topological polar surface area (TPSA) is 70.8 Å². The molecular formula is C22H20FNO4S2. The first-order valence-corrected chi connectivity index (χ1v) is 10.9. The summed E-state index contributed by atoms with van der Waals surface area (Å²) in [5.74, 6) is -0.847. The van der Waals surface area contributed by atoms with Gasteiger partial charge in [0.05, 0.1) is 16.4 Å². The number of carbonyl (C=O) groups is 2. The smallest absolute Gasteiger partial charge is 0.306 e. The molecule has 0 unspecified atom stereocenters. The molecule has 0 spiro atoms. The summed E-state index contributed by atoms with van der Waals surface area (Å²) < 4.78 is 20.4. The molecule has 1 aromatic heterocycles. The number of carboxylic acids is 1. The van der Waals surface area contributed by atoms with Crippen molar-refractivity contribution in [3.63, 3.8) is 0 Å². The highest BCUT2D eigenvalue weighted by Crippen LogP contribution is 2.39. The van der Waals surface area contributed by atoms with Gasteiger partial charge in [-0.2, -0.15) is 0 Å². The molecule has 1 saturated carbocycles. The van der Waals surface area contributed by atoms with Crippen LogP contribution in [-0.4, -0.2) is 32.2 Å². The zero-order chi connectivity index (χ0) is 21.4. The van der Waals surface area contributed by atoms with E-state index in [4.69, 9.17) is 21.7 Å². The monoisotopic (exact) mass is 445 g/mol. The van der Waals surface area contributed by atoms with Gasteiger partial charge in [0, 0.05) is 12.1 Å². The van der Waals surface area contributed by atoms with Crippen LogP contribution >= 0.6 is 24.0 Å². The molecule has 2 aliphatic rings. The van der Waals surface area contributed by atoms with Crippen molar-refractivity contribution in [2.24, 2.45) is 5.92 Å². The number of aryl methyl sites for hydroxylation is 1. The van der Waals surface area contributed by atoms with Crippen molar-refractivity contribution in [3.05, 3.63) is 52.4 Å². The Morgan fingerprint density at radius 3 is 2.67 bits per heavy atom. The van der Waals surface area contributed by atoms with Crippen LogP contribution in [0.1, 0.15) is 37.0 Å². The number of nitrogens with zero attached hydrogens (tertiary/aromatic N) is 1. The number of furan rings is 1. The van der Waals surface area contributed by atoms with Crippen LogP contribution in [0.3, 0.4) is 0 Å². The van der Waals surface area contributed by atoms with E-state index >= 15 is 0 Å². The highest BCUT2D eigenvalue weighted by Gasteiger charge is 2.39. The lowest BCUT2D eigenvalue weighted by Crippen LogP contribution is -2.41. The van der Waals surface area contributed by atoms with E-state index in [0.29, 0.717) is 52.0 Å². The van der Waals surface area contributed by atoms with Crippen LogP contribution in [0.2, 0.25) is 0 Å². The van der Waals surface area contributed by atoms with E-state index in [9.17, 15) is 14.0 Å². The highest BCUT2D eigenvalue weighted by atomic mass is 32.2. The van der Waals surface area contributed by atoms with Crippen molar-refractivity contribution in [2.75, 3.05) is 0 Å². The van der Waals surface area contributed by atoms with Crippen molar-refractivity contribution in [1.82, 2.24) is 4.90 Å². The van der Waals surface area contributed by atoms with Crippen LogP contribution in [-0.2, 0) is 9.59 Å². The standard InChI is InChI=1S/C22H20FNO4S2/c1-12-2-8-16(17(23)10-12)18-9-7-15(28-18)11-19-20(25)24(22(29)30-19)14-5-3-13(4-6-14)21(26)27/h2,7-11,13-14H,3-6H2,1H3,(H,26,27). The summed E-state index contributed by atoms with van der Waals surface area (Å²) >= 11 is 6.62. The normalized spacial score (nSPS) is 23.4. The molecule has 2 aromatic rings. The molecule has 0 radical (unpaired) electrons. The Labute approximate surface area is 182 Å². The van der Waals surface area contributed by atoms with Crippen molar-refractivity contribution >= 4 is 46.3 Å². The Balaban J connectivity index is 1.50. The zero-order valence-electron chi connectivity index (χ0n) is 16.3. The number of carboxylic acid groups (broad SMARTS) is 1. The average Bonchev–Trinajstić information content (AvgIpc) is 3.26. The molecule has 1 saturated heterocycles. The molecule has 1 N–H and O–H groups in total. The fraction of sp³-hybridized carbons (Fsp3) is 0.318. The second-order valence-electron chi connectivity index (χ2n) is 7.58. The van der Waals surface area contributed by atoms with Gasteiger partial charge in [0.2, 0.25) is 0 Å². The van der Waals surface area contributed by atoms with E-state index in [0.717, 1.165) is 5.56 Å². The molecule has 1 amide bonds. The molecule has 8 heteroatoms. The summed E-state index contributed by atoms with van der Waals surface area (Å²) in [6.45, 7) is 1.82. The first-order valence-electron chi connectivity index (χ1n) is 9.69. The van der Waals surface area contributed by atoms with E-state index < -0.39 is 5.97 Å². The van der Waals surface area contributed by atoms with Crippen molar-refractivity contribution < 1.29 is 23.5 Å². The summed E-state index contributed by atoms with van der Waals surface area (Å²) in [6, 6.07) is 8.22. The number of hydrogen-bond acceptors (Lipinski definition) is 5. The molecule has 0 atom stereocenters. The van der Waals surface area contributed by atoms with E-state index in [-0.39, 0.29) is 23.7 Å². The minimum absolute atomic E-state index is 0.0761. The third-order valence-corrected chi connectivity index (χ3v) is 6.86. The Bertz CT molecular complexity index is 1050. The predicted molar refractivity (Wildman–Crippen MR) is 117 cm³/mol. The number of benzene rings is 1. The molecule has 0 bridgehead atoms. The summed E-state index contributed by atoms with van der Waals surface area (Å²) in [5, 5.41) is 9.16. The van der Waals surface area contributed by atoms with Gasteiger partial charge in [-0.1, -0.05) is 30.0 Å². The molecule has 1 aromatic carbocycles. The van der Waals surface area contributed by atoms with Gasteiger partial charge < -0.3 is 9.52 Å². The maximum Gasteiger partial charge on any atom is 0.306 e. The third-order valence-electron chi connectivity index (χ3n) is 5.52. The van der Waals surface area contributed by atoms with E-state index in [1.54, 1.807) is 29.2 Å². The van der Waals surface area contributed by atoms with Crippen molar-refractivity contribution in [2.45, 2.75) is 38.6 Å². The molecule has 30 heavy (non-hydrogen) atoms. The molecule has 1 aliphatic heterocycles. The Hall–Kier alpha value is -2.45. The largest absolute Gasteiger partial charge is 0.481 e. The summed E-state index contributed by atoms with van der Waals surface area (Å²) in [7, 11) is 0. The first-order chi connectivity index (χ1) is 14.3. The van der Waals surface area contributed by atoms with Gasteiger partial charge in [-0.05, 0) is 62.4 Å². The maximum absolute atomic E-state index is 14.2. The Morgan fingerprint density at radius 1 is 1.27 bits per heavy atom. The van der Waals surface area contributed by atoms with Gasteiger partial charge in [0.1, 0.15) is 21.7 Å². The molecule has 2 fully saturated rings. The number of halogens is 1. The zero-order valence-corrected chi connectivity index (χ0v) is 17.9. The number of aliphatic carboxylic acids is 1. The SMILES string of the molecule is Cc1ccc(-c2ccc(C=C3SC(=S)N(C4CCC(C(=O)O)CC4)C3=O)o2)c(F)c1. The summed E-state index contributed by atoms with van der Waals surface area (Å²) in [5.41, 5.74) is 1.19. The lowest BCUT2D eigenvalue weighted by atomic mass is 9.85. The molecule has 5 nitrogen and oxygen atoms in total. The number of amides is 1. The fourth-order valence-corrected chi connectivity index (χ4v) is 5.28. The van der Waals surface area contributed by atoms with Crippen LogP contribution in [0.4, 0.5) is 4.39 Å². The molecule has 4 rings (SSSR count). The second kappa shape index (κ2) is 8.35. The molecule has 1 aliphatic carbocycles. The Morgan fingerprint density at radius 2 is 2.00 bits per heavy atom. The molecule has 156 valence electrons. The van der Waals surface area contributed by atoms with Crippen LogP contribution in [0.15, 0.2) is 39.7 Å². The van der Waals surface area contributed by atoms with Crippen LogP contribution in [0.25, 0.3) is 17.4 Å². The number of hydrogen-bond donors (Lipinski definition) is 1. The lowest BCUT2D eigenvalue weighted by Gasteiger charge is -2.32. The third kappa shape index (κ3) is 4.06. The van der Waals surface area contributed by atoms with Gasteiger partial charge in [0.15, 0.2) is 0 Å². The molecule has 2 heterocycles. The van der Waals surface area contributed by atoms with Crippen molar-refractivity contribution in [1.29, 1.82) is 0 Å². The highest BCUT2D eigenvalue weighted by molar-refractivity contribution is 8.26. The maximum atomic E-state index is 14.2. The summed E-state index contributed by atoms with van der Waals surface area (Å²) in [4.78, 5) is 26.1. The first kappa shape index (κ1) is 20.8. The van der Waals surface area contributed by atoms with Crippen LogP contribution in [0.5, 0.6) is 0 Å². The van der Waals surface area contributed by atoms with E-state index in [1.165, 1.54) is 17.8 Å². The number of thiocarbonyl (C=S) groups is 1. The predicted octanol–water partition coefficient (Wildman–Crippen LogP) is 5.24. The van der Waals surface area contributed by atoms with E-state index in [1.807, 2.05) is 13.0 Å². The van der Waals surface area contributed by atoms with E-state index in [2.05, 4.69) is 0 Å². The minimum Gasteiger partial charge on any atom is -0.481 e. The Kier molecular flexibility index (Phi) is 5.79. The van der Waals surface area contributed by atoms with Crippen LogP contribution < -0.4 is 0 Å². The van der Waals surface area contributed by atoms with Gasteiger partial charge in [-0.25, -0.2) is 4.39 Å². The quantitative estimate of drug-likeness (QED) is 0.513. The van der Waals surface area contributed by atoms with Gasteiger partial charge >= 0.3 is 5.97 Å². The van der Waals surface area contributed by atoms with Gasteiger partial charge in [-0.3, -0.25) is 14.5 Å².